The Morgan fingerprint density at radius 3 is 2.40 bits per heavy atom. The Bertz CT molecular complexity index is 1130. The highest BCUT2D eigenvalue weighted by Gasteiger charge is 2.40. The molecule has 0 aliphatic heterocycles. The van der Waals surface area contributed by atoms with Crippen molar-refractivity contribution in [1.29, 1.82) is 0 Å². The molecule has 3 rings (SSSR count). The van der Waals surface area contributed by atoms with Gasteiger partial charge in [0.05, 0.1) is 12.0 Å². The Kier molecular flexibility index (Phi) is 6.00. The lowest BCUT2D eigenvalue weighted by Crippen LogP contribution is -2.16. The monoisotopic (exact) mass is 422 g/mol. The Balaban J connectivity index is 2.16. The van der Waals surface area contributed by atoms with Gasteiger partial charge in [0.25, 0.3) is 5.76 Å². The van der Waals surface area contributed by atoms with E-state index < -0.39 is 29.1 Å². The summed E-state index contributed by atoms with van der Waals surface area (Å²) in [5, 5.41) is -0.164. The first-order valence-electron chi connectivity index (χ1n) is 9.03. The molecule has 0 atom stereocenters. The minimum Gasteiger partial charge on any atom is -0.490 e. The molecule has 158 valence electrons. The number of hydrogen-bond donors (Lipinski definition) is 0. The third kappa shape index (κ3) is 4.40. The normalized spacial score (nSPS) is 11.4. The first-order chi connectivity index (χ1) is 14.2. The van der Waals surface area contributed by atoms with Crippen LogP contribution in [0, 0.1) is 0 Å². The number of alkyl halides is 3. The molecular weight excluding hydrogens is 405 g/mol. The van der Waals surface area contributed by atoms with Crippen LogP contribution in [0.25, 0.3) is 11.0 Å². The molecule has 3 aromatic rings. The number of carbonyl (C=O) groups excluding carboxylic acids is 1. The summed E-state index contributed by atoms with van der Waals surface area (Å²) in [6.45, 7) is 3.51. The molecular formula is C21H17F3O6. The molecule has 0 unspecified atom stereocenters. The van der Waals surface area contributed by atoms with Crippen LogP contribution in [-0.2, 0) is 11.0 Å². The van der Waals surface area contributed by atoms with Crippen molar-refractivity contribution in [3.63, 3.8) is 0 Å². The second kappa shape index (κ2) is 8.48. The van der Waals surface area contributed by atoms with E-state index in [1.54, 1.807) is 19.9 Å². The number of hydrogen-bond acceptors (Lipinski definition) is 6. The van der Waals surface area contributed by atoms with Gasteiger partial charge in [-0.15, -0.1) is 0 Å². The van der Waals surface area contributed by atoms with Crippen LogP contribution < -0.4 is 19.6 Å². The van der Waals surface area contributed by atoms with Gasteiger partial charge in [0.2, 0.25) is 11.2 Å². The van der Waals surface area contributed by atoms with Gasteiger partial charge < -0.3 is 18.6 Å². The van der Waals surface area contributed by atoms with Gasteiger partial charge >= 0.3 is 12.1 Å². The Hall–Kier alpha value is -3.49. The zero-order valence-electron chi connectivity index (χ0n) is 16.0. The second-order valence-corrected chi connectivity index (χ2v) is 6.05. The molecule has 0 spiro atoms. The SMILES string of the molecule is CCOc1ccccc1Oc1c(C(F)(F)F)oc2cc(OC(=O)CC)ccc2c1=O. The fourth-order valence-corrected chi connectivity index (χ4v) is 2.62. The van der Waals surface area contributed by atoms with Gasteiger partial charge in [0.15, 0.2) is 11.5 Å². The van der Waals surface area contributed by atoms with E-state index in [2.05, 4.69) is 0 Å². The third-order valence-electron chi connectivity index (χ3n) is 3.96. The van der Waals surface area contributed by atoms with Crippen LogP contribution in [0.2, 0.25) is 0 Å². The largest absolute Gasteiger partial charge is 0.490 e. The van der Waals surface area contributed by atoms with Crippen LogP contribution in [0.3, 0.4) is 0 Å². The Morgan fingerprint density at radius 2 is 1.77 bits per heavy atom. The summed E-state index contributed by atoms with van der Waals surface area (Å²) in [5.74, 6) is -3.13. The van der Waals surface area contributed by atoms with E-state index in [0.29, 0.717) is 0 Å². The fourth-order valence-electron chi connectivity index (χ4n) is 2.62. The lowest BCUT2D eigenvalue weighted by Gasteiger charge is -2.15. The zero-order valence-corrected chi connectivity index (χ0v) is 16.0. The number of carbonyl (C=O) groups is 1. The minimum atomic E-state index is -5.01. The number of benzene rings is 2. The lowest BCUT2D eigenvalue weighted by molar-refractivity contribution is -0.154. The van der Waals surface area contributed by atoms with Gasteiger partial charge in [0, 0.05) is 12.5 Å². The number of ether oxygens (including phenoxy) is 3. The highest BCUT2D eigenvalue weighted by Crippen LogP contribution is 2.40. The second-order valence-electron chi connectivity index (χ2n) is 6.05. The summed E-state index contributed by atoms with van der Waals surface area (Å²) in [5.41, 5.74) is -1.41. The van der Waals surface area contributed by atoms with Gasteiger partial charge in [-0.05, 0) is 31.2 Å². The van der Waals surface area contributed by atoms with E-state index in [1.165, 1.54) is 30.3 Å². The molecule has 0 saturated heterocycles. The molecule has 0 saturated carbocycles. The van der Waals surface area contributed by atoms with Crippen LogP contribution in [0.4, 0.5) is 13.2 Å². The molecule has 1 aromatic heterocycles. The number of halogens is 3. The van der Waals surface area contributed by atoms with Gasteiger partial charge in [-0.3, -0.25) is 9.59 Å². The summed E-state index contributed by atoms with van der Waals surface area (Å²) in [6.07, 6.45) is -4.94. The van der Waals surface area contributed by atoms with Crippen molar-refractivity contribution < 1.29 is 36.6 Å². The van der Waals surface area contributed by atoms with Gasteiger partial charge in [-0.25, -0.2) is 0 Å². The van der Waals surface area contributed by atoms with Crippen LogP contribution in [0.15, 0.2) is 51.7 Å². The number of rotatable bonds is 6. The van der Waals surface area contributed by atoms with Crippen molar-refractivity contribution in [2.45, 2.75) is 26.4 Å². The molecule has 30 heavy (non-hydrogen) atoms. The lowest BCUT2D eigenvalue weighted by atomic mass is 10.2. The van der Waals surface area contributed by atoms with Gasteiger partial charge in [-0.1, -0.05) is 19.1 Å². The molecule has 2 aromatic carbocycles. The van der Waals surface area contributed by atoms with E-state index in [-0.39, 0.29) is 41.2 Å². The summed E-state index contributed by atoms with van der Waals surface area (Å²) in [4.78, 5) is 24.3. The molecule has 0 bridgehead atoms. The van der Waals surface area contributed by atoms with E-state index in [0.717, 1.165) is 6.07 Å². The minimum absolute atomic E-state index is 0.0408. The topological polar surface area (TPSA) is 75.0 Å². The number of fused-ring (bicyclic) bond motifs is 1. The summed E-state index contributed by atoms with van der Waals surface area (Å²) in [7, 11) is 0. The van der Waals surface area contributed by atoms with E-state index in [9.17, 15) is 22.8 Å². The molecule has 0 N–H and O–H groups in total. The maximum absolute atomic E-state index is 13.6. The number of esters is 1. The van der Waals surface area contributed by atoms with Crippen molar-refractivity contribution in [1.82, 2.24) is 0 Å². The number of para-hydroxylation sites is 2. The van der Waals surface area contributed by atoms with E-state index >= 15 is 0 Å². The average Bonchev–Trinajstić information content (AvgIpc) is 2.70. The first-order valence-corrected chi connectivity index (χ1v) is 9.03. The summed E-state index contributed by atoms with van der Waals surface area (Å²) < 4.78 is 61.6. The zero-order chi connectivity index (χ0) is 21.9. The molecule has 6 nitrogen and oxygen atoms in total. The fraction of sp³-hybridized carbons (Fsp3) is 0.238. The Labute approximate surface area is 168 Å². The van der Waals surface area contributed by atoms with Crippen LogP contribution in [-0.4, -0.2) is 12.6 Å². The Morgan fingerprint density at radius 1 is 1.07 bits per heavy atom. The van der Waals surface area contributed by atoms with Crippen LogP contribution >= 0.6 is 0 Å². The predicted molar refractivity (Wildman–Crippen MR) is 101 cm³/mol. The van der Waals surface area contributed by atoms with Crippen molar-refractivity contribution in [2.75, 3.05) is 6.61 Å². The van der Waals surface area contributed by atoms with Gasteiger partial charge in [-0.2, -0.15) is 13.2 Å². The molecule has 1 heterocycles. The highest BCUT2D eigenvalue weighted by molar-refractivity contribution is 5.81. The maximum atomic E-state index is 13.6. The summed E-state index contributed by atoms with van der Waals surface area (Å²) >= 11 is 0. The molecule has 0 fully saturated rings. The van der Waals surface area contributed by atoms with Gasteiger partial charge in [0.1, 0.15) is 11.3 Å². The van der Waals surface area contributed by atoms with Crippen molar-refractivity contribution in [3.05, 3.63) is 58.4 Å². The molecule has 0 aliphatic carbocycles. The predicted octanol–water partition coefficient (Wildman–Crippen LogP) is 5.32. The smallest absolute Gasteiger partial charge is 0.453 e. The maximum Gasteiger partial charge on any atom is 0.453 e. The highest BCUT2D eigenvalue weighted by atomic mass is 19.4. The first kappa shape index (κ1) is 21.2. The molecule has 0 radical (unpaired) electrons. The third-order valence-corrected chi connectivity index (χ3v) is 3.96. The molecule has 9 heteroatoms. The molecule has 0 amide bonds. The van der Waals surface area contributed by atoms with Crippen molar-refractivity contribution >= 4 is 16.9 Å². The average molecular weight is 422 g/mol. The molecule has 0 aliphatic rings. The van der Waals surface area contributed by atoms with E-state index in [1.807, 2.05) is 0 Å². The van der Waals surface area contributed by atoms with Crippen LogP contribution in [0.1, 0.15) is 26.0 Å². The van der Waals surface area contributed by atoms with E-state index in [4.69, 9.17) is 18.6 Å². The standard InChI is InChI=1S/C21H17F3O6/c1-3-17(25)28-12-9-10-13-16(11-12)30-20(21(22,23)24)19(18(13)26)29-15-8-6-5-7-14(15)27-4-2/h5-11H,3-4H2,1-2H3. The summed E-state index contributed by atoms with van der Waals surface area (Å²) in [6, 6.07) is 9.58. The van der Waals surface area contributed by atoms with Crippen LogP contribution in [0.5, 0.6) is 23.0 Å². The quantitative estimate of drug-likeness (QED) is 0.396. The van der Waals surface area contributed by atoms with Crippen molar-refractivity contribution in [2.24, 2.45) is 0 Å². The van der Waals surface area contributed by atoms with Crippen molar-refractivity contribution in [3.8, 4) is 23.0 Å².